The molecule has 0 aliphatic heterocycles. The number of thiophene rings is 1. The lowest BCUT2D eigenvalue weighted by atomic mass is 9.94. The molecule has 66 valence electrons. The average molecular weight is 188 g/mol. The van der Waals surface area contributed by atoms with Gasteiger partial charge in [-0.1, -0.05) is 6.58 Å². The molecule has 12 heavy (non-hydrogen) atoms. The van der Waals surface area contributed by atoms with Crippen LogP contribution < -0.4 is 0 Å². The molecular weight excluding hydrogens is 178 g/mol. The molecule has 0 aromatic carbocycles. The summed E-state index contributed by atoms with van der Waals surface area (Å²) < 4.78 is 26.2. The van der Waals surface area contributed by atoms with Gasteiger partial charge in [0.15, 0.2) is 10.8 Å². The van der Waals surface area contributed by atoms with Gasteiger partial charge in [0.1, 0.15) is 0 Å². The van der Waals surface area contributed by atoms with Gasteiger partial charge in [0.05, 0.1) is 0 Å². The summed E-state index contributed by atoms with van der Waals surface area (Å²) in [6, 6.07) is 1.21. The molecule has 3 heteroatoms. The molecule has 0 saturated carbocycles. The quantitative estimate of drug-likeness (QED) is 0.621. The zero-order chi connectivity index (χ0) is 9.35. The van der Waals surface area contributed by atoms with Crippen molar-refractivity contribution in [2.45, 2.75) is 19.5 Å². The van der Waals surface area contributed by atoms with Crippen LogP contribution in [0.25, 0.3) is 0 Å². The smallest absolute Gasteiger partial charge is 0.176 e. The first-order chi connectivity index (χ1) is 5.44. The van der Waals surface area contributed by atoms with E-state index in [0.29, 0.717) is 11.1 Å². The summed E-state index contributed by atoms with van der Waals surface area (Å²) in [5.74, 6) is 0. The summed E-state index contributed by atoms with van der Waals surface area (Å²) in [6.45, 7) is 6.50. The molecule has 0 aliphatic carbocycles. The Balaban J connectivity index is 3.05. The number of hydrogen-bond donors (Lipinski definition) is 0. The lowest BCUT2D eigenvalue weighted by Gasteiger charge is -2.18. The Morgan fingerprint density at radius 1 is 1.67 bits per heavy atom. The molecule has 0 nitrogen and oxygen atoms in total. The van der Waals surface area contributed by atoms with Gasteiger partial charge in [-0.2, -0.15) is 4.39 Å². The van der Waals surface area contributed by atoms with E-state index in [-0.39, 0.29) is 5.13 Å². The van der Waals surface area contributed by atoms with Gasteiger partial charge in [-0.15, -0.1) is 11.3 Å². The Morgan fingerprint density at radius 2 is 2.25 bits per heavy atom. The first kappa shape index (κ1) is 9.39. The van der Waals surface area contributed by atoms with Crippen molar-refractivity contribution in [1.29, 1.82) is 0 Å². The van der Waals surface area contributed by atoms with Crippen LogP contribution in [0.5, 0.6) is 0 Å². The number of halogens is 2. The van der Waals surface area contributed by atoms with Crippen LogP contribution in [-0.2, 0) is 5.67 Å². The Hall–Kier alpha value is -0.700. The van der Waals surface area contributed by atoms with E-state index in [9.17, 15) is 8.78 Å². The molecule has 0 radical (unpaired) electrons. The van der Waals surface area contributed by atoms with E-state index in [1.165, 1.54) is 18.4 Å². The van der Waals surface area contributed by atoms with Crippen LogP contribution in [0, 0.1) is 5.13 Å². The maximum absolute atomic E-state index is 13.7. The lowest BCUT2D eigenvalue weighted by Crippen LogP contribution is -2.14. The third-order valence-corrected chi connectivity index (χ3v) is 2.63. The first-order valence-electron chi connectivity index (χ1n) is 3.54. The third-order valence-electron chi connectivity index (χ3n) is 1.91. The topological polar surface area (TPSA) is 0 Å². The van der Waals surface area contributed by atoms with E-state index in [1.807, 2.05) is 0 Å². The van der Waals surface area contributed by atoms with Crippen LogP contribution in [-0.4, -0.2) is 0 Å². The van der Waals surface area contributed by atoms with Gasteiger partial charge in [-0.25, -0.2) is 4.39 Å². The van der Waals surface area contributed by atoms with Gasteiger partial charge in [0.25, 0.3) is 0 Å². The normalized spacial score (nSPS) is 15.7. The molecule has 0 N–H and O–H groups in total. The van der Waals surface area contributed by atoms with E-state index in [4.69, 9.17) is 0 Å². The minimum absolute atomic E-state index is 0.345. The van der Waals surface area contributed by atoms with Crippen molar-refractivity contribution >= 4 is 11.3 Å². The predicted molar refractivity (Wildman–Crippen MR) is 47.6 cm³/mol. The van der Waals surface area contributed by atoms with E-state index in [1.54, 1.807) is 6.92 Å². The summed E-state index contributed by atoms with van der Waals surface area (Å²) in [5.41, 5.74) is -0.876. The fraction of sp³-hybridized carbons (Fsp3) is 0.333. The van der Waals surface area contributed by atoms with Crippen molar-refractivity contribution in [1.82, 2.24) is 0 Å². The molecule has 0 spiro atoms. The summed E-state index contributed by atoms with van der Waals surface area (Å²) in [6.07, 6.45) is 0. The zero-order valence-corrected chi connectivity index (χ0v) is 7.84. The van der Waals surface area contributed by atoms with Crippen LogP contribution in [0.15, 0.2) is 23.6 Å². The second-order valence-corrected chi connectivity index (χ2v) is 3.78. The summed E-state index contributed by atoms with van der Waals surface area (Å²) in [7, 11) is 0. The van der Waals surface area contributed by atoms with Crippen molar-refractivity contribution in [3.63, 3.8) is 0 Å². The van der Waals surface area contributed by atoms with Crippen molar-refractivity contribution in [3.05, 3.63) is 34.3 Å². The Labute approximate surface area is 74.5 Å². The Morgan fingerprint density at radius 3 is 2.58 bits per heavy atom. The monoisotopic (exact) mass is 188 g/mol. The lowest BCUT2D eigenvalue weighted by molar-refractivity contribution is 0.246. The molecule has 1 atom stereocenters. The minimum atomic E-state index is -1.61. The van der Waals surface area contributed by atoms with Crippen molar-refractivity contribution in [3.8, 4) is 0 Å². The van der Waals surface area contributed by atoms with Crippen molar-refractivity contribution in [2.24, 2.45) is 0 Å². The summed E-state index contributed by atoms with van der Waals surface area (Å²) in [5, 5.41) is 1.11. The molecule has 0 bridgehead atoms. The van der Waals surface area contributed by atoms with Gasteiger partial charge in [0.2, 0.25) is 0 Å². The standard InChI is InChI=1S/C9H10F2S/c1-6(2)9(3,11)7-4-8(10)12-5-7/h4-5H,1H2,2-3H3. The summed E-state index contributed by atoms with van der Waals surface area (Å²) >= 11 is 0.901. The van der Waals surface area contributed by atoms with Gasteiger partial charge in [0, 0.05) is 10.9 Å². The number of hydrogen-bond acceptors (Lipinski definition) is 1. The minimum Gasteiger partial charge on any atom is -0.234 e. The zero-order valence-electron chi connectivity index (χ0n) is 7.03. The average Bonchev–Trinajstić information content (AvgIpc) is 2.35. The Kier molecular flexibility index (Phi) is 2.33. The van der Waals surface area contributed by atoms with E-state index in [0.717, 1.165) is 11.3 Å². The van der Waals surface area contributed by atoms with Crippen LogP contribution in [0.3, 0.4) is 0 Å². The molecule has 0 amide bonds. The van der Waals surface area contributed by atoms with Crippen molar-refractivity contribution < 1.29 is 8.78 Å². The highest BCUT2D eigenvalue weighted by atomic mass is 32.1. The molecule has 1 aromatic rings. The van der Waals surface area contributed by atoms with Crippen LogP contribution in [0.4, 0.5) is 8.78 Å². The molecule has 1 rings (SSSR count). The highest BCUT2D eigenvalue weighted by Crippen LogP contribution is 2.34. The molecule has 1 aromatic heterocycles. The van der Waals surface area contributed by atoms with Gasteiger partial charge in [-0.3, -0.25) is 0 Å². The predicted octanol–water partition coefficient (Wildman–Crippen LogP) is 3.65. The van der Waals surface area contributed by atoms with Gasteiger partial charge >= 0.3 is 0 Å². The van der Waals surface area contributed by atoms with E-state index >= 15 is 0 Å². The number of rotatable bonds is 2. The molecular formula is C9H10F2S. The van der Waals surface area contributed by atoms with E-state index < -0.39 is 5.67 Å². The maximum Gasteiger partial charge on any atom is 0.176 e. The Bertz CT molecular complexity index is 299. The molecule has 0 saturated heterocycles. The molecule has 1 heterocycles. The third kappa shape index (κ3) is 1.55. The number of alkyl halides is 1. The number of allylic oxidation sites excluding steroid dienone is 1. The van der Waals surface area contributed by atoms with Crippen molar-refractivity contribution in [2.75, 3.05) is 0 Å². The molecule has 0 aliphatic rings. The molecule has 1 unspecified atom stereocenters. The second kappa shape index (κ2) is 2.98. The van der Waals surface area contributed by atoms with Crippen LogP contribution >= 0.6 is 11.3 Å². The fourth-order valence-corrected chi connectivity index (χ4v) is 1.53. The first-order valence-corrected chi connectivity index (χ1v) is 4.42. The summed E-state index contributed by atoms with van der Waals surface area (Å²) in [4.78, 5) is 0. The maximum atomic E-state index is 13.7. The van der Waals surface area contributed by atoms with E-state index in [2.05, 4.69) is 6.58 Å². The SMILES string of the molecule is C=C(C)C(C)(F)c1csc(F)c1. The highest BCUT2D eigenvalue weighted by molar-refractivity contribution is 7.08. The highest BCUT2D eigenvalue weighted by Gasteiger charge is 2.27. The van der Waals surface area contributed by atoms with Gasteiger partial charge < -0.3 is 0 Å². The van der Waals surface area contributed by atoms with Gasteiger partial charge in [-0.05, 0) is 25.5 Å². The second-order valence-electron chi connectivity index (χ2n) is 2.92. The fourth-order valence-electron chi connectivity index (χ4n) is 0.803. The van der Waals surface area contributed by atoms with Crippen LogP contribution in [0.1, 0.15) is 19.4 Å². The van der Waals surface area contributed by atoms with Crippen LogP contribution in [0.2, 0.25) is 0 Å². The molecule has 0 fully saturated rings. The largest absolute Gasteiger partial charge is 0.234 e.